The second kappa shape index (κ2) is 5.50. The maximum Gasteiger partial charge on any atom is 0.271 e. The maximum absolute atomic E-state index is 12.5. The molecule has 1 amide bonds. The summed E-state index contributed by atoms with van der Waals surface area (Å²) in [6, 6.07) is 0. The van der Waals surface area contributed by atoms with Crippen LogP contribution >= 0.6 is 11.3 Å². The highest BCUT2D eigenvalue weighted by atomic mass is 32.1. The molecule has 1 N–H and O–H groups in total. The molecule has 0 bridgehead atoms. The van der Waals surface area contributed by atoms with E-state index in [0.717, 1.165) is 22.0 Å². The molecule has 0 saturated heterocycles. The molecule has 2 heterocycles. The van der Waals surface area contributed by atoms with E-state index in [4.69, 9.17) is 4.52 Å². The van der Waals surface area contributed by atoms with Crippen LogP contribution in [0.2, 0.25) is 0 Å². The third-order valence-electron chi connectivity index (χ3n) is 3.46. The van der Waals surface area contributed by atoms with Crippen LogP contribution in [0.15, 0.2) is 9.90 Å². The summed E-state index contributed by atoms with van der Waals surface area (Å²) in [6.07, 6.45) is 0. The minimum atomic E-state index is -0.573. The average Bonchev–Trinajstić information content (AvgIpc) is 2.95. The van der Waals surface area contributed by atoms with Gasteiger partial charge in [-0.2, -0.15) is 0 Å². The van der Waals surface area contributed by atoms with E-state index < -0.39 is 5.54 Å². The van der Waals surface area contributed by atoms with E-state index in [1.54, 1.807) is 5.38 Å². The molecule has 0 saturated carbocycles. The van der Waals surface area contributed by atoms with Gasteiger partial charge in [-0.15, -0.1) is 11.3 Å². The van der Waals surface area contributed by atoms with Gasteiger partial charge in [-0.3, -0.25) is 4.79 Å². The molecule has 0 radical (unpaired) electrons. The van der Waals surface area contributed by atoms with E-state index in [1.807, 2.05) is 27.7 Å². The SMILES string of the molecule is Cc1noc(C)c1C(C)(C)NC(=O)c1csc(C(C)(C)C)n1. The number of thiazole rings is 1. The summed E-state index contributed by atoms with van der Waals surface area (Å²) < 4.78 is 5.20. The largest absolute Gasteiger partial charge is 0.361 e. The number of aromatic nitrogens is 2. The second-order valence-electron chi connectivity index (χ2n) is 7.07. The Morgan fingerprint density at radius 3 is 2.32 bits per heavy atom. The van der Waals surface area contributed by atoms with Gasteiger partial charge in [0.15, 0.2) is 0 Å². The fourth-order valence-corrected chi connectivity index (χ4v) is 3.40. The zero-order chi connectivity index (χ0) is 16.7. The summed E-state index contributed by atoms with van der Waals surface area (Å²) in [4.78, 5) is 17.0. The number of hydrogen-bond donors (Lipinski definition) is 1. The summed E-state index contributed by atoms with van der Waals surface area (Å²) in [6.45, 7) is 13.9. The van der Waals surface area contributed by atoms with Gasteiger partial charge in [0.25, 0.3) is 5.91 Å². The van der Waals surface area contributed by atoms with Crippen molar-refractivity contribution in [2.45, 2.75) is 59.4 Å². The Kier molecular flexibility index (Phi) is 4.17. The van der Waals surface area contributed by atoms with Crippen molar-refractivity contribution in [2.75, 3.05) is 0 Å². The van der Waals surface area contributed by atoms with Crippen molar-refractivity contribution in [1.29, 1.82) is 0 Å². The molecule has 0 fully saturated rings. The molecule has 2 aromatic rings. The molecule has 0 aliphatic heterocycles. The monoisotopic (exact) mass is 321 g/mol. The molecule has 120 valence electrons. The Morgan fingerprint density at radius 2 is 1.86 bits per heavy atom. The lowest BCUT2D eigenvalue weighted by Crippen LogP contribution is -2.41. The smallest absolute Gasteiger partial charge is 0.271 e. The van der Waals surface area contributed by atoms with E-state index in [2.05, 4.69) is 36.2 Å². The highest BCUT2D eigenvalue weighted by molar-refractivity contribution is 7.10. The number of carbonyl (C=O) groups is 1. The van der Waals surface area contributed by atoms with Gasteiger partial charge in [-0.25, -0.2) is 4.98 Å². The van der Waals surface area contributed by atoms with Crippen molar-refractivity contribution in [3.8, 4) is 0 Å². The number of amides is 1. The first kappa shape index (κ1) is 16.7. The zero-order valence-electron chi connectivity index (χ0n) is 14.2. The first-order valence-electron chi connectivity index (χ1n) is 7.24. The van der Waals surface area contributed by atoms with Gasteiger partial charge in [0.2, 0.25) is 0 Å². The highest BCUT2D eigenvalue weighted by Gasteiger charge is 2.31. The van der Waals surface area contributed by atoms with E-state index in [-0.39, 0.29) is 11.3 Å². The standard InChI is InChI=1S/C16H23N3O2S/c1-9-12(10(2)21-19-9)16(6,7)18-13(20)11-8-22-14(17-11)15(3,4)5/h8H,1-7H3,(H,18,20). The number of aryl methyl sites for hydroxylation is 2. The molecule has 6 heteroatoms. The normalized spacial score (nSPS) is 12.5. The Morgan fingerprint density at radius 1 is 1.23 bits per heavy atom. The summed E-state index contributed by atoms with van der Waals surface area (Å²) in [5.41, 5.74) is 1.52. The number of rotatable bonds is 3. The fraction of sp³-hybridized carbons (Fsp3) is 0.562. The molecule has 2 aromatic heterocycles. The van der Waals surface area contributed by atoms with Gasteiger partial charge >= 0.3 is 0 Å². The van der Waals surface area contributed by atoms with Crippen LogP contribution in [-0.4, -0.2) is 16.0 Å². The molecule has 2 rings (SSSR count). The Balaban J connectivity index is 2.23. The Bertz CT molecular complexity index is 673. The Hall–Kier alpha value is -1.69. The average molecular weight is 321 g/mol. The second-order valence-corrected chi connectivity index (χ2v) is 7.92. The molecular formula is C16H23N3O2S. The van der Waals surface area contributed by atoms with Crippen LogP contribution < -0.4 is 5.32 Å². The highest BCUT2D eigenvalue weighted by Crippen LogP contribution is 2.28. The fourth-order valence-electron chi connectivity index (χ4n) is 2.51. The summed E-state index contributed by atoms with van der Waals surface area (Å²) in [5.74, 6) is 0.535. The first-order chi connectivity index (χ1) is 10.0. The third-order valence-corrected chi connectivity index (χ3v) is 4.73. The van der Waals surface area contributed by atoms with Crippen molar-refractivity contribution in [3.63, 3.8) is 0 Å². The van der Waals surface area contributed by atoms with Crippen LogP contribution in [0.25, 0.3) is 0 Å². The van der Waals surface area contributed by atoms with Crippen LogP contribution in [0.4, 0.5) is 0 Å². The van der Waals surface area contributed by atoms with Gasteiger partial charge in [-0.1, -0.05) is 25.9 Å². The minimum Gasteiger partial charge on any atom is -0.361 e. The van der Waals surface area contributed by atoms with Crippen molar-refractivity contribution in [3.05, 3.63) is 33.1 Å². The van der Waals surface area contributed by atoms with Crippen LogP contribution in [0.1, 0.15) is 67.1 Å². The molecule has 0 unspecified atom stereocenters. The van der Waals surface area contributed by atoms with Gasteiger partial charge in [-0.05, 0) is 27.7 Å². The van der Waals surface area contributed by atoms with E-state index in [0.29, 0.717) is 5.69 Å². The van der Waals surface area contributed by atoms with Crippen LogP contribution in [0, 0.1) is 13.8 Å². The lowest BCUT2D eigenvalue weighted by Gasteiger charge is -2.26. The summed E-state index contributed by atoms with van der Waals surface area (Å²) in [5, 5.41) is 9.74. The van der Waals surface area contributed by atoms with Gasteiger partial charge in [0.05, 0.1) is 16.2 Å². The zero-order valence-corrected chi connectivity index (χ0v) is 15.0. The number of carbonyl (C=O) groups excluding carboxylic acids is 1. The predicted molar refractivity (Wildman–Crippen MR) is 87.3 cm³/mol. The van der Waals surface area contributed by atoms with E-state index >= 15 is 0 Å². The predicted octanol–water partition coefficient (Wildman–Crippen LogP) is 3.71. The maximum atomic E-state index is 12.5. The van der Waals surface area contributed by atoms with Gasteiger partial charge < -0.3 is 9.84 Å². The molecule has 0 aliphatic carbocycles. The lowest BCUT2D eigenvalue weighted by atomic mass is 9.92. The van der Waals surface area contributed by atoms with E-state index in [1.165, 1.54) is 11.3 Å². The topological polar surface area (TPSA) is 68.0 Å². The molecule has 0 aliphatic rings. The van der Waals surface area contributed by atoms with Crippen molar-refractivity contribution in [1.82, 2.24) is 15.5 Å². The molecule has 0 atom stereocenters. The quantitative estimate of drug-likeness (QED) is 0.935. The molecular weight excluding hydrogens is 298 g/mol. The lowest BCUT2D eigenvalue weighted by molar-refractivity contribution is 0.0906. The van der Waals surface area contributed by atoms with Crippen molar-refractivity contribution >= 4 is 17.2 Å². The Labute approximate surface area is 135 Å². The molecule has 0 aromatic carbocycles. The van der Waals surface area contributed by atoms with Crippen LogP contribution in [-0.2, 0) is 11.0 Å². The molecule has 22 heavy (non-hydrogen) atoms. The first-order valence-corrected chi connectivity index (χ1v) is 8.12. The molecule has 0 spiro atoms. The number of nitrogens with one attached hydrogen (secondary N) is 1. The summed E-state index contributed by atoms with van der Waals surface area (Å²) in [7, 11) is 0. The van der Waals surface area contributed by atoms with Crippen molar-refractivity contribution in [2.24, 2.45) is 0 Å². The number of nitrogens with zero attached hydrogens (tertiary/aromatic N) is 2. The van der Waals surface area contributed by atoms with Gasteiger partial charge in [0.1, 0.15) is 11.5 Å². The van der Waals surface area contributed by atoms with E-state index in [9.17, 15) is 4.79 Å². The van der Waals surface area contributed by atoms with Crippen LogP contribution in [0.3, 0.4) is 0 Å². The third kappa shape index (κ3) is 3.21. The summed E-state index contributed by atoms with van der Waals surface area (Å²) >= 11 is 1.51. The number of hydrogen-bond acceptors (Lipinski definition) is 5. The van der Waals surface area contributed by atoms with Gasteiger partial charge in [0, 0.05) is 16.4 Å². The minimum absolute atomic E-state index is 0.0552. The molecule has 5 nitrogen and oxygen atoms in total. The van der Waals surface area contributed by atoms with Crippen molar-refractivity contribution < 1.29 is 9.32 Å². The van der Waals surface area contributed by atoms with Crippen LogP contribution in [0.5, 0.6) is 0 Å².